The van der Waals surface area contributed by atoms with E-state index >= 15 is 0 Å². The molecule has 1 N–H and O–H groups in total. The summed E-state index contributed by atoms with van der Waals surface area (Å²) in [4.78, 5) is 21.3. The molecule has 0 saturated carbocycles. The molecule has 1 atom stereocenters. The summed E-state index contributed by atoms with van der Waals surface area (Å²) >= 11 is 0. The molecule has 0 saturated heterocycles. The first kappa shape index (κ1) is 22.2. The minimum Gasteiger partial charge on any atom is -0.479 e. The number of esters is 1. The zero-order valence-corrected chi connectivity index (χ0v) is 14.4. The fourth-order valence-electron chi connectivity index (χ4n) is 1.42. The largest absolute Gasteiger partial charge is 0.479 e. The van der Waals surface area contributed by atoms with E-state index in [0.717, 1.165) is 19.3 Å². The van der Waals surface area contributed by atoms with Crippen LogP contribution in [0.5, 0.6) is 0 Å². The van der Waals surface area contributed by atoms with Crippen LogP contribution in [-0.2, 0) is 19.1 Å². The number of hydrogen-bond donors (Lipinski definition) is 1. The summed E-state index contributed by atoms with van der Waals surface area (Å²) < 4.78 is 10.0. The van der Waals surface area contributed by atoms with Crippen LogP contribution in [0, 0.1) is 5.41 Å². The van der Waals surface area contributed by atoms with Crippen LogP contribution in [0.2, 0.25) is 0 Å². The molecule has 0 spiro atoms. The van der Waals surface area contributed by atoms with Crippen LogP contribution < -0.4 is 0 Å². The SMILES string of the molecule is CCCOC(=O)CCC.CCCOC(C(=O)O)C(C)(C)C. The van der Waals surface area contributed by atoms with Gasteiger partial charge < -0.3 is 14.6 Å². The summed E-state index contributed by atoms with van der Waals surface area (Å²) in [6.45, 7) is 12.6. The first-order valence-electron chi connectivity index (χ1n) is 7.70. The number of aliphatic carboxylic acids is 1. The Morgan fingerprint density at radius 3 is 1.86 bits per heavy atom. The maximum atomic E-state index is 10.7. The molecule has 1 unspecified atom stereocenters. The molecule has 0 aromatic rings. The van der Waals surface area contributed by atoms with E-state index in [1.54, 1.807) is 0 Å². The first-order chi connectivity index (χ1) is 9.70. The molecular weight excluding hydrogens is 272 g/mol. The summed E-state index contributed by atoms with van der Waals surface area (Å²) in [5.41, 5.74) is -0.332. The van der Waals surface area contributed by atoms with Crippen LogP contribution in [0.25, 0.3) is 0 Å². The van der Waals surface area contributed by atoms with E-state index in [1.165, 1.54) is 0 Å². The lowest BCUT2D eigenvalue weighted by Gasteiger charge is -2.26. The summed E-state index contributed by atoms with van der Waals surface area (Å²) in [6, 6.07) is 0. The van der Waals surface area contributed by atoms with Crippen molar-refractivity contribution in [1.29, 1.82) is 0 Å². The van der Waals surface area contributed by atoms with Gasteiger partial charge in [-0.25, -0.2) is 4.79 Å². The van der Waals surface area contributed by atoms with Crippen LogP contribution in [0.4, 0.5) is 0 Å². The monoisotopic (exact) mass is 304 g/mol. The molecule has 0 aromatic carbocycles. The second kappa shape index (κ2) is 12.6. The van der Waals surface area contributed by atoms with Gasteiger partial charge in [-0.1, -0.05) is 41.5 Å². The van der Waals surface area contributed by atoms with Crippen LogP contribution in [-0.4, -0.2) is 36.4 Å². The number of ether oxygens (including phenoxy) is 2. The van der Waals surface area contributed by atoms with Crippen molar-refractivity contribution < 1.29 is 24.2 Å². The molecule has 0 aliphatic rings. The topological polar surface area (TPSA) is 72.8 Å². The number of rotatable bonds is 8. The Kier molecular flexibility index (Phi) is 13.3. The lowest BCUT2D eigenvalue weighted by Crippen LogP contribution is -2.37. The van der Waals surface area contributed by atoms with Gasteiger partial charge in [0.05, 0.1) is 6.61 Å². The van der Waals surface area contributed by atoms with Crippen molar-refractivity contribution in [3.8, 4) is 0 Å². The Bertz CT molecular complexity index is 281. The van der Waals surface area contributed by atoms with Gasteiger partial charge in [-0.05, 0) is 24.7 Å². The van der Waals surface area contributed by atoms with E-state index in [-0.39, 0.29) is 11.4 Å². The van der Waals surface area contributed by atoms with Crippen molar-refractivity contribution in [1.82, 2.24) is 0 Å². The molecule has 126 valence electrons. The minimum atomic E-state index is -0.879. The zero-order valence-electron chi connectivity index (χ0n) is 14.4. The van der Waals surface area contributed by atoms with Crippen LogP contribution >= 0.6 is 0 Å². The fraction of sp³-hybridized carbons (Fsp3) is 0.875. The van der Waals surface area contributed by atoms with Gasteiger partial charge in [0.2, 0.25) is 0 Å². The highest BCUT2D eigenvalue weighted by Crippen LogP contribution is 2.22. The first-order valence-corrected chi connectivity index (χ1v) is 7.70. The molecule has 0 fully saturated rings. The average molecular weight is 304 g/mol. The lowest BCUT2D eigenvalue weighted by molar-refractivity contribution is -0.158. The number of carboxylic acid groups (broad SMARTS) is 1. The predicted octanol–water partition coefficient (Wildman–Crippen LogP) is 3.65. The lowest BCUT2D eigenvalue weighted by atomic mass is 9.89. The van der Waals surface area contributed by atoms with E-state index in [1.807, 2.05) is 41.5 Å². The van der Waals surface area contributed by atoms with Crippen LogP contribution in [0.3, 0.4) is 0 Å². The molecule has 0 aliphatic carbocycles. The summed E-state index contributed by atoms with van der Waals surface area (Å²) in [5.74, 6) is -0.949. The fourth-order valence-corrected chi connectivity index (χ4v) is 1.42. The molecule has 0 aliphatic heterocycles. The molecule has 5 nitrogen and oxygen atoms in total. The van der Waals surface area contributed by atoms with Gasteiger partial charge >= 0.3 is 11.9 Å². The van der Waals surface area contributed by atoms with E-state index in [9.17, 15) is 9.59 Å². The van der Waals surface area contributed by atoms with Crippen LogP contribution in [0.1, 0.15) is 67.2 Å². The third-order valence-corrected chi connectivity index (χ3v) is 2.42. The third kappa shape index (κ3) is 13.6. The second-order valence-electron chi connectivity index (χ2n) is 5.93. The molecule has 21 heavy (non-hydrogen) atoms. The summed E-state index contributed by atoms with van der Waals surface area (Å²) in [6.07, 6.45) is 2.50. The number of carbonyl (C=O) groups excluding carboxylic acids is 1. The maximum Gasteiger partial charge on any atom is 0.333 e. The van der Waals surface area contributed by atoms with Gasteiger partial charge in [0, 0.05) is 13.0 Å². The molecule has 0 bridgehead atoms. The normalized spacial score (nSPS) is 12.1. The van der Waals surface area contributed by atoms with Gasteiger partial charge in [-0.3, -0.25) is 4.79 Å². The molecule has 0 radical (unpaired) electrons. The van der Waals surface area contributed by atoms with E-state index in [4.69, 9.17) is 14.6 Å². The Hall–Kier alpha value is -1.10. The molecular formula is C16H32O5. The van der Waals surface area contributed by atoms with Gasteiger partial charge in [-0.15, -0.1) is 0 Å². The second-order valence-corrected chi connectivity index (χ2v) is 5.93. The Labute approximate surface area is 129 Å². The smallest absolute Gasteiger partial charge is 0.333 e. The van der Waals surface area contributed by atoms with Gasteiger partial charge in [0.1, 0.15) is 0 Å². The maximum absolute atomic E-state index is 10.7. The zero-order chi connectivity index (χ0) is 16.9. The van der Waals surface area contributed by atoms with Crippen molar-refractivity contribution in [3.63, 3.8) is 0 Å². The molecule has 0 heterocycles. The van der Waals surface area contributed by atoms with Crippen molar-refractivity contribution in [2.24, 2.45) is 5.41 Å². The molecule has 0 aromatic heterocycles. The average Bonchev–Trinajstić information content (AvgIpc) is 2.36. The van der Waals surface area contributed by atoms with E-state index in [2.05, 4.69) is 0 Å². The highest BCUT2D eigenvalue weighted by Gasteiger charge is 2.31. The van der Waals surface area contributed by atoms with E-state index < -0.39 is 12.1 Å². The Balaban J connectivity index is 0. The Morgan fingerprint density at radius 1 is 1.00 bits per heavy atom. The molecule has 0 amide bonds. The number of carboxylic acids is 1. The van der Waals surface area contributed by atoms with Crippen LogP contribution in [0.15, 0.2) is 0 Å². The van der Waals surface area contributed by atoms with Gasteiger partial charge in [0.15, 0.2) is 6.10 Å². The van der Waals surface area contributed by atoms with E-state index in [0.29, 0.717) is 19.6 Å². The van der Waals surface area contributed by atoms with Crippen molar-refractivity contribution in [2.45, 2.75) is 73.3 Å². The molecule has 0 rings (SSSR count). The van der Waals surface area contributed by atoms with Crippen molar-refractivity contribution in [3.05, 3.63) is 0 Å². The van der Waals surface area contributed by atoms with Crippen molar-refractivity contribution >= 4 is 11.9 Å². The quantitative estimate of drug-likeness (QED) is 0.693. The number of hydrogen-bond acceptors (Lipinski definition) is 4. The Morgan fingerprint density at radius 2 is 1.52 bits per heavy atom. The molecule has 5 heteroatoms. The predicted molar refractivity (Wildman–Crippen MR) is 83.3 cm³/mol. The van der Waals surface area contributed by atoms with Gasteiger partial charge in [-0.2, -0.15) is 0 Å². The minimum absolute atomic E-state index is 0.0700. The summed E-state index contributed by atoms with van der Waals surface area (Å²) in [7, 11) is 0. The number of carbonyl (C=O) groups is 2. The van der Waals surface area contributed by atoms with Gasteiger partial charge in [0.25, 0.3) is 0 Å². The third-order valence-electron chi connectivity index (χ3n) is 2.42. The van der Waals surface area contributed by atoms with Crippen molar-refractivity contribution in [2.75, 3.05) is 13.2 Å². The highest BCUT2D eigenvalue weighted by atomic mass is 16.5. The highest BCUT2D eigenvalue weighted by molar-refractivity contribution is 5.73. The summed E-state index contributed by atoms with van der Waals surface area (Å²) in [5, 5.41) is 8.81. The standard InChI is InChI=1S/C9H18O3.C7H14O2/c1-5-6-12-7(8(10)11)9(2,3)4;1-3-5-7(8)9-6-4-2/h7H,5-6H2,1-4H3,(H,10,11);3-6H2,1-2H3.